The topological polar surface area (TPSA) is 94.9 Å². The summed E-state index contributed by atoms with van der Waals surface area (Å²) in [4.78, 5) is 18.8. The fourth-order valence-electron chi connectivity index (χ4n) is 2.90. The average molecular weight is 303 g/mol. The maximum atomic E-state index is 12.6. The number of carbonyl (C=O) groups excluding carboxylic acids is 1. The molecule has 0 aromatic carbocycles. The first-order valence-electron chi connectivity index (χ1n) is 7.80. The molecule has 0 bridgehead atoms. The minimum atomic E-state index is -0.799. The molecule has 22 heavy (non-hydrogen) atoms. The summed E-state index contributed by atoms with van der Waals surface area (Å²) in [6, 6.07) is 2.22. The van der Waals surface area contributed by atoms with Crippen molar-refractivity contribution in [2.24, 2.45) is 5.41 Å². The first-order valence-corrected chi connectivity index (χ1v) is 7.80. The van der Waals surface area contributed by atoms with Gasteiger partial charge >= 0.3 is 0 Å². The maximum absolute atomic E-state index is 12.6. The quantitative estimate of drug-likeness (QED) is 0.913. The Hall–Kier alpha value is -1.94. The molecule has 118 valence electrons. The van der Waals surface area contributed by atoms with Crippen LogP contribution < -0.4 is 0 Å². The van der Waals surface area contributed by atoms with Gasteiger partial charge in [-0.2, -0.15) is 10.4 Å². The summed E-state index contributed by atoms with van der Waals surface area (Å²) in [5.41, 5.74) is -0.799. The number of morpholine rings is 1. The minimum Gasteiger partial charge on any atom is -0.367 e. The van der Waals surface area contributed by atoms with Crippen LogP contribution in [0.15, 0.2) is 0 Å². The Labute approximate surface area is 129 Å². The van der Waals surface area contributed by atoms with Gasteiger partial charge < -0.3 is 9.64 Å². The number of ether oxygens (including phenoxy) is 1. The number of nitriles is 1. The highest BCUT2D eigenvalue weighted by molar-refractivity contribution is 5.86. The number of aromatic nitrogens is 3. The van der Waals surface area contributed by atoms with Gasteiger partial charge in [-0.1, -0.05) is 13.8 Å². The first-order chi connectivity index (χ1) is 10.6. The van der Waals surface area contributed by atoms with Crippen LogP contribution in [-0.4, -0.2) is 45.7 Å². The van der Waals surface area contributed by atoms with E-state index in [1.54, 1.807) is 4.90 Å². The molecule has 1 saturated heterocycles. The molecule has 7 nitrogen and oxygen atoms in total. The van der Waals surface area contributed by atoms with E-state index in [0.29, 0.717) is 38.4 Å². The van der Waals surface area contributed by atoms with Crippen LogP contribution in [0.3, 0.4) is 0 Å². The Morgan fingerprint density at radius 2 is 2.32 bits per heavy atom. The van der Waals surface area contributed by atoms with Crippen molar-refractivity contribution >= 4 is 5.91 Å². The summed E-state index contributed by atoms with van der Waals surface area (Å²) >= 11 is 0. The van der Waals surface area contributed by atoms with Gasteiger partial charge in [-0.05, 0) is 19.3 Å². The molecule has 0 spiro atoms. The lowest BCUT2D eigenvalue weighted by Gasteiger charge is -2.40. The molecule has 0 unspecified atom stereocenters. The van der Waals surface area contributed by atoms with Gasteiger partial charge in [0.15, 0.2) is 11.6 Å². The number of hydrogen-bond donors (Lipinski definition) is 1. The molecule has 2 aliphatic rings. The van der Waals surface area contributed by atoms with Crippen molar-refractivity contribution in [2.75, 3.05) is 19.7 Å². The molecule has 7 heteroatoms. The number of hydrogen-bond acceptors (Lipinski definition) is 5. The lowest BCUT2D eigenvalue weighted by molar-refractivity contribution is -0.151. The van der Waals surface area contributed by atoms with E-state index in [1.165, 1.54) is 0 Å². The second-order valence-corrected chi connectivity index (χ2v) is 6.39. The highest BCUT2D eigenvalue weighted by Crippen LogP contribution is 2.42. The second-order valence-electron chi connectivity index (χ2n) is 6.39. The Morgan fingerprint density at radius 3 is 2.86 bits per heavy atom. The van der Waals surface area contributed by atoms with E-state index in [-0.39, 0.29) is 17.9 Å². The molecule has 1 aliphatic carbocycles. The number of carbonyl (C=O) groups is 1. The largest absolute Gasteiger partial charge is 0.367 e. The number of amides is 1. The standard InChI is InChI=1S/C15H21N5O2/c1-10(2)12-17-13(19-18-12)11-8-20(6-7-22-11)14(21)15(9-16)4-3-5-15/h10-11H,3-8H2,1-2H3,(H,17,18,19)/t11-/m1/s1. The zero-order chi connectivity index (χ0) is 15.7. The monoisotopic (exact) mass is 303 g/mol. The molecule has 1 aromatic heterocycles. The second kappa shape index (κ2) is 5.69. The van der Waals surface area contributed by atoms with E-state index in [0.717, 1.165) is 12.2 Å². The lowest BCUT2D eigenvalue weighted by Crippen LogP contribution is -2.51. The average Bonchev–Trinajstić information content (AvgIpc) is 2.97. The molecule has 0 radical (unpaired) electrons. The molecule has 1 N–H and O–H groups in total. The first kappa shape index (κ1) is 15.0. The van der Waals surface area contributed by atoms with Crippen LogP contribution in [0.25, 0.3) is 0 Å². The van der Waals surface area contributed by atoms with E-state index in [4.69, 9.17) is 4.74 Å². The number of H-pyrrole nitrogens is 1. The van der Waals surface area contributed by atoms with E-state index in [9.17, 15) is 10.1 Å². The Balaban J connectivity index is 1.71. The van der Waals surface area contributed by atoms with E-state index >= 15 is 0 Å². The summed E-state index contributed by atoms with van der Waals surface area (Å²) in [5.74, 6) is 1.58. The van der Waals surface area contributed by atoms with Crippen LogP contribution in [0.5, 0.6) is 0 Å². The lowest BCUT2D eigenvalue weighted by atomic mass is 9.69. The van der Waals surface area contributed by atoms with Gasteiger partial charge in [0.2, 0.25) is 5.91 Å². The Kier molecular flexibility index (Phi) is 3.87. The molecule has 1 saturated carbocycles. The zero-order valence-corrected chi connectivity index (χ0v) is 13.0. The Morgan fingerprint density at radius 1 is 1.55 bits per heavy atom. The van der Waals surface area contributed by atoms with E-state index in [2.05, 4.69) is 21.3 Å². The van der Waals surface area contributed by atoms with E-state index < -0.39 is 5.41 Å². The van der Waals surface area contributed by atoms with Crippen molar-refractivity contribution < 1.29 is 9.53 Å². The maximum Gasteiger partial charge on any atom is 0.243 e. The zero-order valence-electron chi connectivity index (χ0n) is 13.0. The third kappa shape index (κ3) is 2.48. The van der Waals surface area contributed by atoms with Gasteiger partial charge in [0.05, 0.1) is 19.2 Å². The number of rotatable bonds is 3. The summed E-state index contributed by atoms with van der Waals surface area (Å²) in [5, 5.41) is 16.4. The van der Waals surface area contributed by atoms with Crippen molar-refractivity contribution in [3.8, 4) is 6.07 Å². The van der Waals surface area contributed by atoms with Gasteiger partial charge in [0.1, 0.15) is 11.5 Å². The predicted molar refractivity (Wildman–Crippen MR) is 77.6 cm³/mol. The highest BCUT2D eigenvalue weighted by atomic mass is 16.5. The molecule has 1 aliphatic heterocycles. The summed E-state index contributed by atoms with van der Waals surface area (Å²) in [7, 11) is 0. The van der Waals surface area contributed by atoms with Crippen LogP contribution in [0.1, 0.15) is 56.8 Å². The van der Waals surface area contributed by atoms with Crippen LogP contribution in [-0.2, 0) is 9.53 Å². The Bertz CT molecular complexity index is 599. The number of nitrogens with one attached hydrogen (secondary N) is 1. The normalized spacial score (nSPS) is 23.9. The summed E-state index contributed by atoms with van der Waals surface area (Å²) < 4.78 is 5.72. The van der Waals surface area contributed by atoms with E-state index in [1.807, 2.05) is 13.8 Å². The fourth-order valence-corrected chi connectivity index (χ4v) is 2.90. The molecule has 2 heterocycles. The van der Waals surface area contributed by atoms with Crippen molar-refractivity contribution in [3.05, 3.63) is 11.6 Å². The fraction of sp³-hybridized carbons (Fsp3) is 0.733. The van der Waals surface area contributed by atoms with Crippen LogP contribution in [0.4, 0.5) is 0 Å². The van der Waals surface area contributed by atoms with Gasteiger partial charge in [-0.25, -0.2) is 4.98 Å². The predicted octanol–water partition coefficient (Wildman–Crippen LogP) is 1.52. The van der Waals surface area contributed by atoms with Gasteiger partial charge in [-0.3, -0.25) is 9.89 Å². The smallest absolute Gasteiger partial charge is 0.243 e. The molecule has 1 aromatic rings. The van der Waals surface area contributed by atoms with Crippen LogP contribution >= 0.6 is 0 Å². The molecule has 3 rings (SSSR count). The van der Waals surface area contributed by atoms with Crippen molar-refractivity contribution in [2.45, 2.75) is 45.1 Å². The number of nitrogens with zero attached hydrogens (tertiary/aromatic N) is 4. The molecule has 1 atom stereocenters. The molecule has 1 amide bonds. The molecular weight excluding hydrogens is 282 g/mol. The van der Waals surface area contributed by atoms with Gasteiger partial charge in [0, 0.05) is 12.5 Å². The van der Waals surface area contributed by atoms with Crippen LogP contribution in [0, 0.1) is 16.7 Å². The number of aromatic amines is 1. The molecular formula is C15H21N5O2. The molecule has 2 fully saturated rings. The van der Waals surface area contributed by atoms with Crippen molar-refractivity contribution in [1.82, 2.24) is 20.1 Å². The van der Waals surface area contributed by atoms with Crippen LogP contribution in [0.2, 0.25) is 0 Å². The third-order valence-electron chi connectivity index (χ3n) is 4.53. The summed E-state index contributed by atoms with van der Waals surface area (Å²) in [6.45, 7) is 5.46. The SMILES string of the molecule is CC(C)c1n[nH]c([C@H]2CN(C(=O)C3(C#N)CCC3)CCO2)n1. The minimum absolute atomic E-state index is 0.0573. The van der Waals surface area contributed by atoms with Crippen molar-refractivity contribution in [1.29, 1.82) is 5.26 Å². The summed E-state index contributed by atoms with van der Waals surface area (Å²) in [6.07, 6.45) is 2.00. The van der Waals surface area contributed by atoms with Crippen molar-refractivity contribution in [3.63, 3.8) is 0 Å². The van der Waals surface area contributed by atoms with Gasteiger partial charge in [-0.15, -0.1) is 0 Å². The third-order valence-corrected chi connectivity index (χ3v) is 4.53. The highest BCUT2D eigenvalue weighted by Gasteiger charge is 2.47. The van der Waals surface area contributed by atoms with Gasteiger partial charge in [0.25, 0.3) is 0 Å².